The summed E-state index contributed by atoms with van der Waals surface area (Å²) >= 11 is 0. The maximum absolute atomic E-state index is 13.4. The van der Waals surface area contributed by atoms with Crippen molar-refractivity contribution in [2.24, 2.45) is 0 Å². The van der Waals surface area contributed by atoms with Crippen LogP contribution in [0.1, 0.15) is 24.0 Å². The Morgan fingerprint density at radius 1 is 1.18 bits per heavy atom. The molecule has 1 aliphatic heterocycles. The Morgan fingerprint density at radius 2 is 2.05 bits per heavy atom. The summed E-state index contributed by atoms with van der Waals surface area (Å²) in [5, 5.41) is 0. The van der Waals surface area contributed by atoms with E-state index in [0.29, 0.717) is 13.0 Å². The van der Waals surface area contributed by atoms with Crippen LogP contribution in [0.5, 0.6) is 5.75 Å². The van der Waals surface area contributed by atoms with E-state index in [1.165, 1.54) is 12.1 Å². The number of hydrogen-bond acceptors (Lipinski definition) is 2. The number of carbonyl (C=O) groups is 1. The van der Waals surface area contributed by atoms with Gasteiger partial charge in [0.05, 0.1) is 19.3 Å². The quantitative estimate of drug-likeness (QED) is 0.865. The molecule has 0 saturated carbocycles. The van der Waals surface area contributed by atoms with Crippen LogP contribution in [-0.2, 0) is 17.8 Å². The third-order valence-corrected chi connectivity index (χ3v) is 3.95. The predicted molar refractivity (Wildman–Crippen MR) is 83.5 cm³/mol. The van der Waals surface area contributed by atoms with Gasteiger partial charge in [0, 0.05) is 12.5 Å². The van der Waals surface area contributed by atoms with Crippen molar-refractivity contribution in [1.29, 1.82) is 0 Å². The van der Waals surface area contributed by atoms with E-state index in [1.807, 2.05) is 24.3 Å². The van der Waals surface area contributed by atoms with Crippen molar-refractivity contribution >= 4 is 11.6 Å². The molecular weight excluding hydrogens is 281 g/mol. The van der Waals surface area contributed by atoms with Gasteiger partial charge in [0.2, 0.25) is 5.91 Å². The molecule has 0 radical (unpaired) electrons. The Balaban J connectivity index is 1.99. The molecule has 0 fully saturated rings. The Bertz CT molecular complexity index is 699. The average molecular weight is 299 g/mol. The molecule has 1 heterocycles. The summed E-state index contributed by atoms with van der Waals surface area (Å²) in [5.41, 5.74) is 2.78. The average Bonchev–Trinajstić information content (AvgIpc) is 2.67. The highest BCUT2D eigenvalue weighted by Gasteiger charge is 2.23. The minimum atomic E-state index is -0.286. The molecule has 3 rings (SSSR count). The van der Waals surface area contributed by atoms with Gasteiger partial charge < -0.3 is 9.64 Å². The highest BCUT2D eigenvalue weighted by atomic mass is 19.1. The summed E-state index contributed by atoms with van der Waals surface area (Å²) < 4.78 is 18.7. The van der Waals surface area contributed by atoms with Crippen molar-refractivity contribution in [2.75, 3.05) is 12.0 Å². The number of amides is 1. The smallest absolute Gasteiger partial charge is 0.227 e. The lowest BCUT2D eigenvalue weighted by Crippen LogP contribution is -2.29. The minimum absolute atomic E-state index is 0.0660. The number of halogens is 1. The van der Waals surface area contributed by atoms with Gasteiger partial charge in [0.1, 0.15) is 11.6 Å². The van der Waals surface area contributed by atoms with Crippen LogP contribution in [0.4, 0.5) is 10.1 Å². The predicted octanol–water partition coefficient (Wildman–Crippen LogP) is 3.70. The number of hydrogen-bond donors (Lipinski definition) is 0. The SMILES string of the molecule is COc1ccc2c(c1)N(Cc1cccc(F)c1)C(=O)CCC2. The van der Waals surface area contributed by atoms with Crippen molar-refractivity contribution in [1.82, 2.24) is 0 Å². The first-order chi connectivity index (χ1) is 10.7. The normalized spacial score (nSPS) is 14.5. The van der Waals surface area contributed by atoms with Gasteiger partial charge in [-0.2, -0.15) is 0 Å². The largest absolute Gasteiger partial charge is 0.497 e. The molecule has 0 spiro atoms. The van der Waals surface area contributed by atoms with E-state index in [4.69, 9.17) is 4.74 Å². The zero-order valence-electron chi connectivity index (χ0n) is 12.5. The molecule has 22 heavy (non-hydrogen) atoms. The van der Waals surface area contributed by atoms with Gasteiger partial charge in [-0.1, -0.05) is 18.2 Å². The van der Waals surface area contributed by atoms with Gasteiger partial charge in [0.25, 0.3) is 0 Å². The van der Waals surface area contributed by atoms with Crippen molar-refractivity contribution in [3.63, 3.8) is 0 Å². The number of rotatable bonds is 3. The van der Waals surface area contributed by atoms with Crippen molar-refractivity contribution in [3.05, 3.63) is 59.4 Å². The Kier molecular flexibility index (Phi) is 4.09. The topological polar surface area (TPSA) is 29.5 Å². The van der Waals surface area contributed by atoms with E-state index < -0.39 is 0 Å². The molecule has 1 amide bonds. The molecular formula is C18H18FNO2. The molecule has 4 heteroatoms. The molecule has 2 aromatic rings. The van der Waals surface area contributed by atoms with E-state index in [9.17, 15) is 9.18 Å². The first kappa shape index (κ1) is 14.6. The second kappa shape index (κ2) is 6.18. The van der Waals surface area contributed by atoms with Gasteiger partial charge in [-0.05, 0) is 42.2 Å². The number of aryl methyl sites for hydroxylation is 1. The second-order valence-corrected chi connectivity index (χ2v) is 5.46. The monoisotopic (exact) mass is 299 g/mol. The third kappa shape index (κ3) is 2.96. The van der Waals surface area contributed by atoms with Gasteiger partial charge in [-0.3, -0.25) is 4.79 Å². The van der Waals surface area contributed by atoms with Crippen molar-refractivity contribution in [3.8, 4) is 5.75 Å². The van der Waals surface area contributed by atoms with Crippen LogP contribution in [0.25, 0.3) is 0 Å². The summed E-state index contributed by atoms with van der Waals surface area (Å²) in [5.74, 6) is 0.500. The molecule has 3 nitrogen and oxygen atoms in total. The molecule has 114 valence electrons. The summed E-state index contributed by atoms with van der Waals surface area (Å²) in [6.07, 6.45) is 2.20. The lowest BCUT2D eigenvalue weighted by atomic mass is 10.1. The highest BCUT2D eigenvalue weighted by Crippen LogP contribution is 2.32. The van der Waals surface area contributed by atoms with E-state index in [1.54, 1.807) is 18.1 Å². The van der Waals surface area contributed by atoms with Crippen LogP contribution in [0.3, 0.4) is 0 Å². The molecule has 0 atom stereocenters. The first-order valence-electron chi connectivity index (χ1n) is 7.39. The first-order valence-corrected chi connectivity index (χ1v) is 7.39. The summed E-state index contributed by atoms with van der Waals surface area (Å²) in [6, 6.07) is 12.2. The van der Waals surface area contributed by atoms with Crippen LogP contribution in [-0.4, -0.2) is 13.0 Å². The van der Waals surface area contributed by atoms with Crippen LogP contribution in [0, 0.1) is 5.82 Å². The number of carbonyl (C=O) groups excluding carboxylic acids is 1. The Labute approximate surface area is 129 Å². The minimum Gasteiger partial charge on any atom is -0.497 e. The van der Waals surface area contributed by atoms with Crippen molar-refractivity contribution < 1.29 is 13.9 Å². The van der Waals surface area contributed by atoms with Gasteiger partial charge >= 0.3 is 0 Å². The molecule has 0 aliphatic carbocycles. The maximum atomic E-state index is 13.4. The second-order valence-electron chi connectivity index (χ2n) is 5.46. The molecule has 0 unspecified atom stereocenters. The summed E-state index contributed by atoms with van der Waals surface area (Å²) in [7, 11) is 1.61. The Morgan fingerprint density at radius 3 is 2.82 bits per heavy atom. The van der Waals surface area contributed by atoms with Crippen LogP contribution >= 0.6 is 0 Å². The number of methoxy groups -OCH3 is 1. The molecule has 0 saturated heterocycles. The zero-order valence-corrected chi connectivity index (χ0v) is 12.5. The fraction of sp³-hybridized carbons (Fsp3) is 0.278. The molecule has 0 N–H and O–H groups in total. The number of nitrogens with zero attached hydrogens (tertiary/aromatic N) is 1. The van der Waals surface area contributed by atoms with Gasteiger partial charge in [0.15, 0.2) is 0 Å². The maximum Gasteiger partial charge on any atom is 0.227 e. The third-order valence-electron chi connectivity index (χ3n) is 3.95. The van der Waals surface area contributed by atoms with E-state index in [0.717, 1.165) is 35.4 Å². The van der Waals surface area contributed by atoms with E-state index in [2.05, 4.69) is 0 Å². The van der Waals surface area contributed by atoms with E-state index >= 15 is 0 Å². The van der Waals surface area contributed by atoms with Gasteiger partial charge in [-0.15, -0.1) is 0 Å². The number of ether oxygens (including phenoxy) is 1. The summed E-state index contributed by atoms with van der Waals surface area (Å²) in [6.45, 7) is 0.372. The summed E-state index contributed by atoms with van der Waals surface area (Å²) in [4.78, 5) is 14.2. The molecule has 1 aliphatic rings. The highest BCUT2D eigenvalue weighted by molar-refractivity contribution is 5.95. The molecule has 2 aromatic carbocycles. The van der Waals surface area contributed by atoms with Crippen molar-refractivity contribution in [2.45, 2.75) is 25.8 Å². The van der Waals surface area contributed by atoms with Crippen LogP contribution in [0.2, 0.25) is 0 Å². The number of fused-ring (bicyclic) bond motifs is 1. The lowest BCUT2D eigenvalue weighted by Gasteiger charge is -2.23. The van der Waals surface area contributed by atoms with Crippen LogP contribution in [0.15, 0.2) is 42.5 Å². The van der Waals surface area contributed by atoms with Gasteiger partial charge in [-0.25, -0.2) is 4.39 Å². The fourth-order valence-electron chi connectivity index (χ4n) is 2.82. The number of anilines is 1. The fourth-order valence-corrected chi connectivity index (χ4v) is 2.82. The zero-order chi connectivity index (χ0) is 15.5. The lowest BCUT2D eigenvalue weighted by molar-refractivity contribution is -0.118. The standard InChI is InChI=1S/C18H18FNO2/c1-22-16-9-8-14-5-3-7-18(21)20(17(14)11-16)12-13-4-2-6-15(19)10-13/h2,4,6,8-11H,3,5,7,12H2,1H3. The molecule has 0 bridgehead atoms. The molecule has 0 aromatic heterocycles. The Hall–Kier alpha value is -2.36. The number of benzene rings is 2. The van der Waals surface area contributed by atoms with Crippen LogP contribution < -0.4 is 9.64 Å². The van der Waals surface area contributed by atoms with E-state index in [-0.39, 0.29) is 11.7 Å².